The van der Waals surface area contributed by atoms with Crippen LogP contribution in [0.3, 0.4) is 0 Å². The summed E-state index contributed by atoms with van der Waals surface area (Å²) in [5, 5.41) is 10.6. The Morgan fingerprint density at radius 2 is 1.86 bits per heavy atom. The molecular formula is C16H14N2O3S. The van der Waals surface area contributed by atoms with Crippen molar-refractivity contribution in [2.45, 2.75) is 12.3 Å². The summed E-state index contributed by atoms with van der Waals surface area (Å²) in [6.45, 7) is 1.97. The zero-order valence-electron chi connectivity index (χ0n) is 11.9. The highest BCUT2D eigenvalue weighted by Crippen LogP contribution is 2.42. The molecule has 22 heavy (non-hydrogen) atoms. The molecule has 1 saturated heterocycles. The molecule has 0 bridgehead atoms. The molecule has 1 aliphatic heterocycles. The SMILES string of the molecule is Cc1ccccc1N1C(=O)CS[C@@H]1c1ccc([N+](=O)[O-])cc1. The Morgan fingerprint density at radius 1 is 1.18 bits per heavy atom. The highest BCUT2D eigenvalue weighted by Gasteiger charge is 2.34. The number of para-hydroxylation sites is 1. The van der Waals surface area contributed by atoms with Gasteiger partial charge < -0.3 is 0 Å². The Kier molecular flexibility index (Phi) is 3.85. The molecule has 2 aromatic rings. The summed E-state index contributed by atoms with van der Waals surface area (Å²) in [6.07, 6.45) is 0. The predicted molar refractivity (Wildman–Crippen MR) is 87.0 cm³/mol. The third-order valence-electron chi connectivity index (χ3n) is 3.63. The van der Waals surface area contributed by atoms with Crippen LogP contribution in [0.15, 0.2) is 48.5 Å². The molecule has 1 amide bonds. The van der Waals surface area contributed by atoms with Gasteiger partial charge in [0.25, 0.3) is 5.69 Å². The predicted octanol–water partition coefficient (Wildman–Crippen LogP) is 3.68. The summed E-state index contributed by atoms with van der Waals surface area (Å²) < 4.78 is 0. The Balaban J connectivity index is 1.97. The quantitative estimate of drug-likeness (QED) is 0.640. The highest BCUT2D eigenvalue weighted by molar-refractivity contribution is 8.00. The molecule has 0 saturated carbocycles. The van der Waals surface area contributed by atoms with Crippen molar-refractivity contribution in [3.05, 3.63) is 69.8 Å². The third kappa shape index (κ3) is 2.57. The van der Waals surface area contributed by atoms with E-state index in [1.807, 2.05) is 31.2 Å². The van der Waals surface area contributed by atoms with E-state index in [1.165, 1.54) is 23.9 Å². The summed E-state index contributed by atoms with van der Waals surface area (Å²) in [6, 6.07) is 14.2. The van der Waals surface area contributed by atoms with E-state index in [0.29, 0.717) is 5.75 Å². The van der Waals surface area contributed by atoms with Gasteiger partial charge in [0.05, 0.1) is 10.7 Å². The van der Waals surface area contributed by atoms with E-state index in [2.05, 4.69) is 0 Å². The van der Waals surface area contributed by atoms with Crippen LogP contribution in [0.5, 0.6) is 0 Å². The fourth-order valence-electron chi connectivity index (χ4n) is 2.53. The zero-order chi connectivity index (χ0) is 15.7. The van der Waals surface area contributed by atoms with Gasteiger partial charge in [-0.05, 0) is 36.2 Å². The smallest absolute Gasteiger partial charge is 0.269 e. The molecule has 5 nitrogen and oxygen atoms in total. The molecule has 1 heterocycles. The number of carbonyl (C=O) groups is 1. The van der Waals surface area contributed by atoms with E-state index >= 15 is 0 Å². The van der Waals surface area contributed by atoms with Crippen molar-refractivity contribution >= 4 is 29.0 Å². The fourth-order valence-corrected chi connectivity index (χ4v) is 3.69. The van der Waals surface area contributed by atoms with E-state index in [1.54, 1.807) is 17.0 Å². The van der Waals surface area contributed by atoms with Crippen LogP contribution in [-0.4, -0.2) is 16.6 Å². The Labute approximate surface area is 132 Å². The van der Waals surface area contributed by atoms with E-state index in [-0.39, 0.29) is 17.0 Å². The third-order valence-corrected chi connectivity index (χ3v) is 4.84. The molecule has 0 N–H and O–H groups in total. The average Bonchev–Trinajstić information content (AvgIpc) is 2.89. The number of hydrogen-bond acceptors (Lipinski definition) is 4. The van der Waals surface area contributed by atoms with Gasteiger partial charge in [0.1, 0.15) is 5.37 Å². The lowest BCUT2D eigenvalue weighted by Gasteiger charge is -2.25. The molecule has 0 radical (unpaired) electrons. The second-order valence-electron chi connectivity index (χ2n) is 5.06. The van der Waals surface area contributed by atoms with Gasteiger partial charge in [-0.15, -0.1) is 11.8 Å². The average molecular weight is 314 g/mol. The lowest BCUT2D eigenvalue weighted by Crippen LogP contribution is -2.28. The largest absolute Gasteiger partial charge is 0.295 e. The molecule has 0 spiro atoms. The number of nitro groups is 1. The number of amides is 1. The Morgan fingerprint density at radius 3 is 2.50 bits per heavy atom. The van der Waals surface area contributed by atoms with Gasteiger partial charge in [0.2, 0.25) is 5.91 Å². The number of benzene rings is 2. The number of anilines is 1. The first-order valence-corrected chi connectivity index (χ1v) is 7.86. The molecule has 0 aliphatic carbocycles. The van der Waals surface area contributed by atoms with Crippen molar-refractivity contribution < 1.29 is 9.72 Å². The van der Waals surface area contributed by atoms with Gasteiger partial charge in [-0.2, -0.15) is 0 Å². The second kappa shape index (κ2) is 5.81. The maximum atomic E-state index is 12.3. The van der Waals surface area contributed by atoms with E-state index in [4.69, 9.17) is 0 Å². The van der Waals surface area contributed by atoms with Gasteiger partial charge in [0, 0.05) is 17.8 Å². The normalized spacial score (nSPS) is 17.8. The minimum atomic E-state index is -0.421. The van der Waals surface area contributed by atoms with Crippen molar-refractivity contribution in [2.24, 2.45) is 0 Å². The minimum Gasteiger partial charge on any atom is -0.295 e. The topological polar surface area (TPSA) is 63.5 Å². The van der Waals surface area contributed by atoms with Crippen LogP contribution in [0.2, 0.25) is 0 Å². The summed E-state index contributed by atoms with van der Waals surface area (Å²) in [4.78, 5) is 24.4. The summed E-state index contributed by atoms with van der Waals surface area (Å²) in [7, 11) is 0. The van der Waals surface area contributed by atoms with E-state index < -0.39 is 4.92 Å². The number of nitro benzene ring substituents is 1. The molecule has 0 aromatic heterocycles. The summed E-state index contributed by atoms with van der Waals surface area (Å²) in [5.41, 5.74) is 2.87. The lowest BCUT2D eigenvalue weighted by molar-refractivity contribution is -0.384. The molecule has 1 atom stereocenters. The maximum Gasteiger partial charge on any atom is 0.269 e. The number of nitrogens with zero attached hydrogens (tertiary/aromatic N) is 2. The van der Waals surface area contributed by atoms with Crippen LogP contribution in [-0.2, 0) is 4.79 Å². The molecule has 6 heteroatoms. The molecule has 112 valence electrons. The Hall–Kier alpha value is -2.34. The first-order chi connectivity index (χ1) is 10.6. The summed E-state index contributed by atoms with van der Waals surface area (Å²) in [5.74, 6) is 0.471. The monoisotopic (exact) mass is 314 g/mol. The number of aryl methyl sites for hydroxylation is 1. The number of non-ortho nitro benzene ring substituents is 1. The molecule has 1 fully saturated rings. The fraction of sp³-hybridized carbons (Fsp3) is 0.188. The first-order valence-electron chi connectivity index (χ1n) is 6.81. The lowest BCUT2D eigenvalue weighted by atomic mass is 10.1. The van der Waals surface area contributed by atoms with Gasteiger partial charge in [-0.1, -0.05) is 18.2 Å². The van der Waals surface area contributed by atoms with Crippen LogP contribution in [0, 0.1) is 17.0 Å². The van der Waals surface area contributed by atoms with Crippen LogP contribution in [0.1, 0.15) is 16.5 Å². The standard InChI is InChI=1S/C16H14N2O3S/c1-11-4-2-3-5-14(11)17-15(19)10-22-16(17)12-6-8-13(9-7-12)18(20)21/h2-9,16H,10H2,1H3/t16-/m1/s1. The van der Waals surface area contributed by atoms with Crippen LogP contribution in [0.25, 0.3) is 0 Å². The number of carbonyl (C=O) groups excluding carboxylic acids is 1. The van der Waals surface area contributed by atoms with Crippen molar-refractivity contribution in [3.63, 3.8) is 0 Å². The maximum absolute atomic E-state index is 12.3. The second-order valence-corrected chi connectivity index (χ2v) is 6.13. The van der Waals surface area contributed by atoms with Crippen molar-refractivity contribution in [1.82, 2.24) is 0 Å². The molecule has 3 rings (SSSR count). The van der Waals surface area contributed by atoms with Gasteiger partial charge in [-0.3, -0.25) is 19.8 Å². The summed E-state index contributed by atoms with van der Waals surface area (Å²) >= 11 is 1.54. The van der Waals surface area contributed by atoms with Crippen molar-refractivity contribution in [1.29, 1.82) is 0 Å². The van der Waals surface area contributed by atoms with Crippen LogP contribution in [0.4, 0.5) is 11.4 Å². The van der Waals surface area contributed by atoms with Gasteiger partial charge >= 0.3 is 0 Å². The first kappa shape index (κ1) is 14.6. The number of thioether (sulfide) groups is 1. The minimum absolute atomic E-state index is 0.0560. The van der Waals surface area contributed by atoms with E-state index in [9.17, 15) is 14.9 Å². The van der Waals surface area contributed by atoms with Gasteiger partial charge in [-0.25, -0.2) is 0 Å². The van der Waals surface area contributed by atoms with E-state index in [0.717, 1.165) is 16.8 Å². The number of hydrogen-bond donors (Lipinski definition) is 0. The zero-order valence-corrected chi connectivity index (χ0v) is 12.7. The Bertz CT molecular complexity index is 730. The van der Waals surface area contributed by atoms with Crippen molar-refractivity contribution in [2.75, 3.05) is 10.7 Å². The van der Waals surface area contributed by atoms with Crippen LogP contribution < -0.4 is 4.90 Å². The number of rotatable bonds is 3. The molecule has 2 aromatic carbocycles. The molecular weight excluding hydrogens is 300 g/mol. The van der Waals surface area contributed by atoms with Gasteiger partial charge in [0.15, 0.2) is 0 Å². The van der Waals surface area contributed by atoms with Crippen molar-refractivity contribution in [3.8, 4) is 0 Å². The molecule has 0 unspecified atom stereocenters. The van der Waals surface area contributed by atoms with Crippen LogP contribution >= 0.6 is 11.8 Å². The molecule has 1 aliphatic rings. The highest BCUT2D eigenvalue weighted by atomic mass is 32.2.